The molecule has 0 heterocycles. The van der Waals surface area contributed by atoms with Gasteiger partial charge in [-0.05, 0) is 19.3 Å². The molecule has 88 valence electrons. The molecular weight excluding hydrogens is 190 g/mol. The summed E-state index contributed by atoms with van der Waals surface area (Å²) in [5, 5.41) is 3.41. The number of nitrogens with one attached hydrogen (secondary N) is 1. The molecule has 2 atom stereocenters. The number of hydrogen-bond acceptors (Lipinski definition) is 3. The van der Waals surface area contributed by atoms with E-state index in [4.69, 9.17) is 5.73 Å². The Morgan fingerprint density at radius 3 is 2.80 bits per heavy atom. The van der Waals surface area contributed by atoms with Crippen molar-refractivity contribution in [2.75, 3.05) is 20.6 Å². The first kappa shape index (κ1) is 12.5. The van der Waals surface area contributed by atoms with Crippen LogP contribution in [0.15, 0.2) is 0 Å². The van der Waals surface area contributed by atoms with Gasteiger partial charge in [-0.1, -0.05) is 6.42 Å². The minimum Gasteiger partial charge on any atom is -0.349 e. The molecule has 0 spiro atoms. The van der Waals surface area contributed by atoms with Crippen LogP contribution < -0.4 is 11.1 Å². The summed E-state index contributed by atoms with van der Waals surface area (Å²) in [5.74, 6) is 0.183. The van der Waals surface area contributed by atoms with Gasteiger partial charge >= 0.3 is 0 Å². The van der Waals surface area contributed by atoms with E-state index in [1.165, 1.54) is 12.8 Å². The molecular formula is C11H23N3O. The van der Waals surface area contributed by atoms with Crippen molar-refractivity contribution < 1.29 is 4.79 Å². The highest BCUT2D eigenvalue weighted by molar-refractivity contribution is 5.75. The van der Waals surface area contributed by atoms with E-state index in [-0.39, 0.29) is 5.91 Å². The van der Waals surface area contributed by atoms with Crippen LogP contribution in [0.1, 0.15) is 32.1 Å². The van der Waals surface area contributed by atoms with Crippen LogP contribution in [0.25, 0.3) is 0 Å². The van der Waals surface area contributed by atoms with Gasteiger partial charge in [0.2, 0.25) is 5.91 Å². The first-order chi connectivity index (χ1) is 7.09. The summed E-state index contributed by atoms with van der Waals surface area (Å²) in [5.41, 5.74) is 5.89. The summed E-state index contributed by atoms with van der Waals surface area (Å²) >= 11 is 0. The predicted octanol–water partition coefficient (Wildman–Crippen LogP) is 0.324. The van der Waals surface area contributed by atoms with Crippen molar-refractivity contribution in [3.63, 3.8) is 0 Å². The molecule has 1 amide bonds. The third kappa shape index (κ3) is 4.62. The second-order valence-electron chi connectivity index (χ2n) is 4.62. The van der Waals surface area contributed by atoms with Gasteiger partial charge in [-0.15, -0.1) is 0 Å². The van der Waals surface area contributed by atoms with Crippen molar-refractivity contribution in [3.05, 3.63) is 0 Å². The lowest BCUT2D eigenvalue weighted by Crippen LogP contribution is -2.40. The number of amides is 1. The Bertz CT molecular complexity index is 206. The molecule has 1 aliphatic carbocycles. The summed E-state index contributed by atoms with van der Waals surface area (Å²) in [6.07, 6.45) is 5.19. The second-order valence-corrected chi connectivity index (χ2v) is 4.62. The highest BCUT2D eigenvalue weighted by Crippen LogP contribution is 2.16. The highest BCUT2D eigenvalue weighted by atomic mass is 16.2. The fraction of sp³-hybridized carbons (Fsp3) is 0.909. The average molecular weight is 213 g/mol. The average Bonchev–Trinajstić information content (AvgIpc) is 2.17. The normalized spacial score (nSPS) is 26.3. The summed E-state index contributed by atoms with van der Waals surface area (Å²) in [7, 11) is 3.58. The molecule has 15 heavy (non-hydrogen) atoms. The summed E-state index contributed by atoms with van der Waals surface area (Å²) in [4.78, 5) is 12.9. The number of nitrogens with two attached hydrogens (primary N) is 1. The van der Waals surface area contributed by atoms with E-state index < -0.39 is 0 Å². The maximum Gasteiger partial charge on any atom is 0.223 e. The summed E-state index contributed by atoms with van der Waals surface area (Å²) in [6, 6.07) is 0.865. The first-order valence-electron chi connectivity index (χ1n) is 5.78. The third-order valence-corrected chi connectivity index (χ3v) is 2.99. The molecule has 1 saturated carbocycles. The van der Waals surface area contributed by atoms with Gasteiger partial charge in [-0.25, -0.2) is 0 Å². The largest absolute Gasteiger partial charge is 0.349 e. The molecule has 0 aromatic rings. The van der Waals surface area contributed by atoms with Crippen LogP contribution in [0.4, 0.5) is 0 Å². The van der Waals surface area contributed by atoms with Crippen molar-refractivity contribution in [2.45, 2.75) is 44.2 Å². The zero-order valence-electron chi connectivity index (χ0n) is 9.83. The zero-order valence-corrected chi connectivity index (χ0v) is 9.83. The van der Waals surface area contributed by atoms with E-state index in [2.05, 4.69) is 5.32 Å². The van der Waals surface area contributed by atoms with Crippen LogP contribution in [0.3, 0.4) is 0 Å². The maximum atomic E-state index is 11.3. The lowest BCUT2D eigenvalue weighted by Gasteiger charge is -2.27. The fourth-order valence-electron chi connectivity index (χ4n) is 2.02. The van der Waals surface area contributed by atoms with Gasteiger partial charge in [-0.3, -0.25) is 4.79 Å². The van der Waals surface area contributed by atoms with E-state index in [1.807, 2.05) is 0 Å². The summed E-state index contributed by atoms with van der Waals surface area (Å²) in [6.45, 7) is 0.772. The minimum atomic E-state index is 0.183. The third-order valence-electron chi connectivity index (χ3n) is 2.99. The zero-order chi connectivity index (χ0) is 11.3. The monoisotopic (exact) mass is 213 g/mol. The topological polar surface area (TPSA) is 58.4 Å². The van der Waals surface area contributed by atoms with Crippen LogP contribution in [0.5, 0.6) is 0 Å². The van der Waals surface area contributed by atoms with Gasteiger partial charge in [0.05, 0.1) is 0 Å². The van der Waals surface area contributed by atoms with Crippen LogP contribution in [0, 0.1) is 0 Å². The van der Waals surface area contributed by atoms with Crippen molar-refractivity contribution in [3.8, 4) is 0 Å². The molecule has 4 nitrogen and oxygen atoms in total. The lowest BCUT2D eigenvalue weighted by molar-refractivity contribution is -0.128. The fourth-order valence-corrected chi connectivity index (χ4v) is 2.02. The van der Waals surface area contributed by atoms with Crippen LogP contribution >= 0.6 is 0 Å². The Labute approximate surface area is 92.2 Å². The number of carbonyl (C=O) groups is 1. The van der Waals surface area contributed by atoms with Crippen LogP contribution in [0.2, 0.25) is 0 Å². The molecule has 0 radical (unpaired) electrons. The van der Waals surface area contributed by atoms with E-state index in [0.29, 0.717) is 18.5 Å². The maximum absolute atomic E-state index is 11.3. The molecule has 0 saturated heterocycles. The van der Waals surface area contributed by atoms with Crippen LogP contribution in [-0.2, 0) is 4.79 Å². The Morgan fingerprint density at radius 2 is 2.20 bits per heavy atom. The Kier molecular flexibility index (Phi) is 5.05. The van der Waals surface area contributed by atoms with Gasteiger partial charge in [0.15, 0.2) is 0 Å². The molecule has 1 rings (SSSR count). The molecule has 1 aliphatic rings. The smallest absolute Gasteiger partial charge is 0.223 e. The summed E-state index contributed by atoms with van der Waals surface area (Å²) < 4.78 is 0. The first-order valence-corrected chi connectivity index (χ1v) is 5.78. The number of nitrogens with zero attached hydrogens (tertiary/aromatic N) is 1. The van der Waals surface area contributed by atoms with Crippen LogP contribution in [-0.4, -0.2) is 43.5 Å². The lowest BCUT2D eigenvalue weighted by atomic mass is 9.91. The molecule has 0 bridgehead atoms. The molecule has 0 aromatic heterocycles. The minimum absolute atomic E-state index is 0.183. The Morgan fingerprint density at radius 1 is 1.47 bits per heavy atom. The van der Waals surface area contributed by atoms with E-state index >= 15 is 0 Å². The Hall–Kier alpha value is -0.610. The quantitative estimate of drug-likeness (QED) is 0.707. The second kappa shape index (κ2) is 6.08. The van der Waals surface area contributed by atoms with Crippen molar-refractivity contribution in [1.82, 2.24) is 10.2 Å². The van der Waals surface area contributed by atoms with Gasteiger partial charge in [0.25, 0.3) is 0 Å². The van der Waals surface area contributed by atoms with E-state index in [9.17, 15) is 4.79 Å². The SMILES string of the molecule is CN(C)C(=O)CCNC1CCCC(N)C1. The number of carbonyl (C=O) groups excluding carboxylic acids is 1. The molecule has 0 aliphatic heterocycles. The predicted molar refractivity (Wildman–Crippen MR) is 61.5 cm³/mol. The van der Waals surface area contributed by atoms with Crippen molar-refractivity contribution in [2.24, 2.45) is 5.73 Å². The van der Waals surface area contributed by atoms with E-state index in [1.54, 1.807) is 19.0 Å². The van der Waals surface area contributed by atoms with Gasteiger partial charge < -0.3 is 16.0 Å². The van der Waals surface area contributed by atoms with Gasteiger partial charge in [0, 0.05) is 39.1 Å². The number of rotatable bonds is 4. The molecule has 1 fully saturated rings. The standard InChI is InChI=1S/C11H23N3O/c1-14(2)11(15)6-7-13-10-5-3-4-9(12)8-10/h9-10,13H,3-8,12H2,1-2H3. The molecule has 4 heteroatoms. The number of hydrogen-bond donors (Lipinski definition) is 2. The van der Waals surface area contributed by atoms with Gasteiger partial charge in [-0.2, -0.15) is 0 Å². The molecule has 2 unspecified atom stereocenters. The Balaban J connectivity index is 2.11. The van der Waals surface area contributed by atoms with E-state index in [0.717, 1.165) is 19.4 Å². The molecule has 3 N–H and O–H groups in total. The van der Waals surface area contributed by atoms with Gasteiger partial charge in [0.1, 0.15) is 0 Å². The molecule has 0 aromatic carbocycles. The van der Waals surface area contributed by atoms with Crippen molar-refractivity contribution in [1.29, 1.82) is 0 Å². The highest BCUT2D eigenvalue weighted by Gasteiger charge is 2.18. The van der Waals surface area contributed by atoms with Crippen molar-refractivity contribution >= 4 is 5.91 Å².